The van der Waals surface area contributed by atoms with Crippen molar-refractivity contribution in [2.75, 3.05) is 17.2 Å². The largest absolute Gasteiger partial charge is 0.370 e. The van der Waals surface area contributed by atoms with Crippen molar-refractivity contribution in [1.29, 1.82) is 0 Å². The third-order valence-electron chi connectivity index (χ3n) is 4.47. The van der Waals surface area contributed by atoms with Crippen LogP contribution in [0, 0.1) is 0 Å². The van der Waals surface area contributed by atoms with Gasteiger partial charge in [0.25, 0.3) is 0 Å². The molecule has 0 aromatic carbocycles. The summed E-state index contributed by atoms with van der Waals surface area (Å²) in [5.41, 5.74) is 0.151. The van der Waals surface area contributed by atoms with Gasteiger partial charge in [-0.3, -0.25) is 0 Å². The van der Waals surface area contributed by atoms with Crippen molar-refractivity contribution < 1.29 is 0 Å². The average Bonchev–Trinajstić information content (AvgIpc) is 3.30. The van der Waals surface area contributed by atoms with E-state index in [1.807, 2.05) is 6.07 Å². The predicted molar refractivity (Wildman–Crippen MR) is 85.4 cm³/mol. The summed E-state index contributed by atoms with van der Waals surface area (Å²) in [6, 6.07) is 2.05. The fourth-order valence-electron chi connectivity index (χ4n) is 2.61. The molecular formula is C16H28N4. The molecule has 2 rings (SSSR count). The Morgan fingerprint density at radius 2 is 1.65 bits per heavy atom. The second-order valence-electron chi connectivity index (χ2n) is 5.77. The van der Waals surface area contributed by atoms with E-state index in [0.29, 0.717) is 5.92 Å². The van der Waals surface area contributed by atoms with E-state index >= 15 is 0 Å². The van der Waals surface area contributed by atoms with Crippen LogP contribution in [-0.4, -0.2) is 22.1 Å². The number of aromatic nitrogens is 2. The van der Waals surface area contributed by atoms with Crippen LogP contribution < -0.4 is 10.6 Å². The van der Waals surface area contributed by atoms with Gasteiger partial charge in [0, 0.05) is 24.1 Å². The van der Waals surface area contributed by atoms with E-state index in [0.717, 1.165) is 43.3 Å². The van der Waals surface area contributed by atoms with Crippen molar-refractivity contribution in [3.63, 3.8) is 0 Å². The van der Waals surface area contributed by atoms with Gasteiger partial charge in [-0.2, -0.15) is 0 Å². The van der Waals surface area contributed by atoms with Gasteiger partial charge in [-0.1, -0.05) is 20.8 Å². The maximum atomic E-state index is 4.74. The van der Waals surface area contributed by atoms with Crippen molar-refractivity contribution in [3.8, 4) is 0 Å². The van der Waals surface area contributed by atoms with E-state index in [2.05, 4.69) is 43.3 Å². The summed E-state index contributed by atoms with van der Waals surface area (Å²) in [5, 5.41) is 6.99. The van der Waals surface area contributed by atoms with Crippen molar-refractivity contribution in [2.24, 2.45) is 0 Å². The number of rotatable bonds is 8. The predicted octanol–water partition coefficient (Wildman–Crippen LogP) is 4.17. The molecule has 0 bridgehead atoms. The lowest BCUT2D eigenvalue weighted by Gasteiger charge is -2.32. The summed E-state index contributed by atoms with van der Waals surface area (Å²) in [6.07, 6.45) is 5.79. The smallest absolute Gasteiger partial charge is 0.136 e. The minimum atomic E-state index is 0.151. The molecule has 1 fully saturated rings. The van der Waals surface area contributed by atoms with E-state index in [1.165, 1.54) is 12.8 Å². The molecule has 1 aromatic rings. The first-order valence-electron chi connectivity index (χ1n) is 8.07. The Kier molecular flexibility index (Phi) is 4.84. The van der Waals surface area contributed by atoms with E-state index in [1.54, 1.807) is 0 Å². The zero-order valence-electron chi connectivity index (χ0n) is 13.3. The van der Waals surface area contributed by atoms with Gasteiger partial charge in [0.1, 0.15) is 17.5 Å². The topological polar surface area (TPSA) is 49.8 Å². The van der Waals surface area contributed by atoms with Gasteiger partial charge in [-0.05, 0) is 39.0 Å². The Morgan fingerprint density at radius 1 is 1.05 bits per heavy atom. The van der Waals surface area contributed by atoms with Gasteiger partial charge < -0.3 is 10.6 Å². The van der Waals surface area contributed by atoms with Crippen molar-refractivity contribution in [3.05, 3.63) is 11.9 Å². The molecule has 0 amide bonds. The fourth-order valence-corrected chi connectivity index (χ4v) is 2.61. The molecule has 0 atom stereocenters. The van der Waals surface area contributed by atoms with Crippen LogP contribution in [0.2, 0.25) is 0 Å². The molecule has 1 heterocycles. The van der Waals surface area contributed by atoms with Crippen molar-refractivity contribution >= 4 is 11.6 Å². The van der Waals surface area contributed by atoms with Crippen molar-refractivity contribution in [2.45, 2.75) is 71.3 Å². The summed E-state index contributed by atoms with van der Waals surface area (Å²) < 4.78 is 0. The second-order valence-corrected chi connectivity index (χ2v) is 5.77. The molecule has 20 heavy (non-hydrogen) atoms. The maximum absolute atomic E-state index is 4.74. The van der Waals surface area contributed by atoms with Crippen LogP contribution in [0.1, 0.15) is 71.5 Å². The molecule has 0 saturated heterocycles. The first-order chi connectivity index (χ1) is 9.66. The molecule has 1 saturated carbocycles. The lowest BCUT2D eigenvalue weighted by Crippen LogP contribution is -2.36. The van der Waals surface area contributed by atoms with Crippen molar-refractivity contribution in [1.82, 2.24) is 9.97 Å². The Balaban J connectivity index is 2.25. The van der Waals surface area contributed by atoms with Crippen LogP contribution in [0.4, 0.5) is 11.6 Å². The molecule has 0 radical (unpaired) electrons. The molecule has 0 spiro atoms. The summed E-state index contributed by atoms with van der Waals surface area (Å²) in [5.74, 6) is 3.50. The first kappa shape index (κ1) is 15.1. The Morgan fingerprint density at radius 3 is 2.15 bits per heavy atom. The monoisotopic (exact) mass is 276 g/mol. The van der Waals surface area contributed by atoms with E-state index < -0.39 is 0 Å². The summed E-state index contributed by atoms with van der Waals surface area (Å²) >= 11 is 0. The number of nitrogens with one attached hydrogen (secondary N) is 2. The SMILES string of the molecule is CCNc1cc(NC(CC)(CC)CC)nc(C2CC2)n1. The number of nitrogens with zero attached hydrogens (tertiary/aromatic N) is 2. The van der Waals surface area contributed by atoms with Gasteiger partial charge in [0.15, 0.2) is 0 Å². The Bertz CT molecular complexity index is 428. The van der Waals surface area contributed by atoms with Crippen LogP contribution >= 0.6 is 0 Å². The van der Waals surface area contributed by atoms with Gasteiger partial charge in [0.2, 0.25) is 0 Å². The molecule has 1 aromatic heterocycles. The molecule has 1 aliphatic carbocycles. The lowest BCUT2D eigenvalue weighted by molar-refractivity contribution is 0.418. The number of anilines is 2. The van der Waals surface area contributed by atoms with E-state index in [9.17, 15) is 0 Å². The zero-order chi connectivity index (χ0) is 14.6. The second kappa shape index (κ2) is 6.42. The zero-order valence-corrected chi connectivity index (χ0v) is 13.3. The highest BCUT2D eigenvalue weighted by Crippen LogP contribution is 2.39. The molecule has 4 heteroatoms. The number of hydrogen-bond donors (Lipinski definition) is 2. The molecule has 0 aliphatic heterocycles. The quantitative estimate of drug-likeness (QED) is 0.748. The first-order valence-corrected chi connectivity index (χ1v) is 8.07. The molecule has 0 unspecified atom stereocenters. The number of hydrogen-bond acceptors (Lipinski definition) is 4. The summed E-state index contributed by atoms with van der Waals surface area (Å²) in [4.78, 5) is 9.37. The lowest BCUT2D eigenvalue weighted by atomic mass is 9.90. The third-order valence-corrected chi connectivity index (χ3v) is 4.47. The highest BCUT2D eigenvalue weighted by Gasteiger charge is 2.29. The molecule has 1 aliphatic rings. The minimum Gasteiger partial charge on any atom is -0.370 e. The third kappa shape index (κ3) is 3.41. The van der Waals surface area contributed by atoms with E-state index in [-0.39, 0.29) is 5.54 Å². The average molecular weight is 276 g/mol. The van der Waals surface area contributed by atoms with Gasteiger partial charge >= 0.3 is 0 Å². The van der Waals surface area contributed by atoms with Crippen LogP contribution in [0.3, 0.4) is 0 Å². The fraction of sp³-hybridized carbons (Fsp3) is 0.750. The minimum absolute atomic E-state index is 0.151. The molecule has 4 nitrogen and oxygen atoms in total. The highest BCUT2D eigenvalue weighted by molar-refractivity contribution is 5.49. The maximum Gasteiger partial charge on any atom is 0.136 e. The van der Waals surface area contributed by atoms with Gasteiger partial charge in [-0.15, -0.1) is 0 Å². The van der Waals surface area contributed by atoms with Crippen LogP contribution in [0.25, 0.3) is 0 Å². The van der Waals surface area contributed by atoms with E-state index in [4.69, 9.17) is 4.98 Å². The Hall–Kier alpha value is -1.32. The highest BCUT2D eigenvalue weighted by atomic mass is 15.1. The molecular weight excluding hydrogens is 248 g/mol. The van der Waals surface area contributed by atoms with Crippen LogP contribution in [-0.2, 0) is 0 Å². The molecule has 112 valence electrons. The Labute approximate surface area is 122 Å². The normalized spacial score (nSPS) is 15.2. The standard InChI is InChI=1S/C16H28N4/c1-5-16(6-2,7-3)20-14-11-13(17-8-4)18-15(19-14)12-9-10-12/h11-12H,5-10H2,1-4H3,(H2,17,18,19,20). The van der Waals surface area contributed by atoms with Gasteiger partial charge in [0.05, 0.1) is 0 Å². The molecule has 2 N–H and O–H groups in total. The summed E-state index contributed by atoms with van der Waals surface area (Å²) in [6.45, 7) is 9.72. The van der Waals surface area contributed by atoms with Crippen LogP contribution in [0.15, 0.2) is 6.07 Å². The summed E-state index contributed by atoms with van der Waals surface area (Å²) in [7, 11) is 0. The van der Waals surface area contributed by atoms with Crippen LogP contribution in [0.5, 0.6) is 0 Å². The van der Waals surface area contributed by atoms with Gasteiger partial charge in [-0.25, -0.2) is 9.97 Å².